The maximum absolute atomic E-state index is 9.64. The van der Waals surface area contributed by atoms with E-state index in [1.165, 1.54) is 45.0 Å². The first-order valence-electron chi connectivity index (χ1n) is 11.0. The van der Waals surface area contributed by atoms with Gasteiger partial charge in [-0.1, -0.05) is 27.2 Å². The van der Waals surface area contributed by atoms with E-state index in [1.54, 1.807) is 0 Å². The SMILES string of the molecule is CC(C)(C)CC(C)(C)Nc1ncncn1.O=C(O)CCC(=O)O.OCCN1CCCCC1. The lowest BCUT2D eigenvalue weighted by atomic mass is 9.82. The second-order valence-electron chi connectivity index (χ2n) is 9.62. The van der Waals surface area contributed by atoms with Crippen molar-refractivity contribution in [3.05, 3.63) is 12.7 Å². The zero-order chi connectivity index (χ0) is 24.6. The van der Waals surface area contributed by atoms with Crippen LogP contribution in [0, 0.1) is 5.41 Å². The second-order valence-corrected chi connectivity index (χ2v) is 9.62. The lowest BCUT2D eigenvalue weighted by molar-refractivity contribution is -0.143. The molecule has 0 amide bonds. The van der Waals surface area contributed by atoms with Crippen LogP contribution in [-0.4, -0.2) is 78.9 Å². The van der Waals surface area contributed by atoms with Crippen LogP contribution in [-0.2, 0) is 9.59 Å². The molecule has 0 saturated carbocycles. The Labute approximate surface area is 191 Å². The van der Waals surface area contributed by atoms with Crippen molar-refractivity contribution in [3.63, 3.8) is 0 Å². The Balaban J connectivity index is 0.000000485. The van der Waals surface area contributed by atoms with Crippen LogP contribution in [0.1, 0.15) is 73.1 Å². The predicted molar refractivity (Wildman–Crippen MR) is 123 cm³/mol. The standard InChI is InChI=1S/C11H20N4.C7H15NO.C4H6O4/c1-10(2,3)6-11(4,5)15-9-13-7-12-8-14-9;9-7-6-8-4-2-1-3-5-8;5-3(6)1-2-4(7)8/h7-8H,6H2,1-5H3,(H,12,13,14,15);9H,1-7H2;1-2H2,(H,5,6)(H,7,8). The van der Waals surface area contributed by atoms with Crippen molar-refractivity contribution < 1.29 is 24.9 Å². The number of aliphatic hydroxyl groups is 1. The van der Waals surface area contributed by atoms with Gasteiger partial charge in [0.2, 0.25) is 5.95 Å². The molecule has 1 saturated heterocycles. The monoisotopic (exact) mass is 455 g/mol. The molecular formula is C22H41N5O5. The van der Waals surface area contributed by atoms with Gasteiger partial charge in [0.1, 0.15) is 12.7 Å². The molecule has 32 heavy (non-hydrogen) atoms. The van der Waals surface area contributed by atoms with Gasteiger partial charge in [0, 0.05) is 12.1 Å². The van der Waals surface area contributed by atoms with Crippen LogP contribution in [0.2, 0.25) is 0 Å². The van der Waals surface area contributed by atoms with E-state index in [-0.39, 0.29) is 23.8 Å². The van der Waals surface area contributed by atoms with Crippen molar-refractivity contribution in [2.24, 2.45) is 5.41 Å². The summed E-state index contributed by atoms with van der Waals surface area (Å²) >= 11 is 0. The summed E-state index contributed by atoms with van der Waals surface area (Å²) in [5.74, 6) is -1.51. The first-order valence-corrected chi connectivity index (χ1v) is 11.0. The Morgan fingerprint density at radius 3 is 1.88 bits per heavy atom. The van der Waals surface area contributed by atoms with Crippen molar-refractivity contribution in [1.29, 1.82) is 0 Å². The van der Waals surface area contributed by atoms with Gasteiger partial charge in [-0.15, -0.1) is 0 Å². The molecule has 0 unspecified atom stereocenters. The highest BCUT2D eigenvalue weighted by Crippen LogP contribution is 2.28. The van der Waals surface area contributed by atoms with Crippen molar-refractivity contribution in [2.45, 2.75) is 78.7 Å². The number of hydrogen-bond donors (Lipinski definition) is 4. The number of carboxylic acid groups (broad SMARTS) is 2. The van der Waals surface area contributed by atoms with E-state index in [0.29, 0.717) is 12.6 Å². The number of rotatable bonds is 8. The molecular weight excluding hydrogens is 414 g/mol. The van der Waals surface area contributed by atoms with E-state index in [1.807, 2.05) is 0 Å². The van der Waals surface area contributed by atoms with Gasteiger partial charge in [-0.05, 0) is 51.6 Å². The normalized spacial score (nSPS) is 14.3. The molecule has 0 aliphatic carbocycles. The molecule has 2 heterocycles. The molecule has 0 radical (unpaired) electrons. The number of carboxylic acids is 2. The number of hydrogen-bond acceptors (Lipinski definition) is 8. The lowest BCUT2D eigenvalue weighted by Gasteiger charge is -2.33. The van der Waals surface area contributed by atoms with Gasteiger partial charge in [-0.3, -0.25) is 9.59 Å². The third kappa shape index (κ3) is 18.4. The summed E-state index contributed by atoms with van der Waals surface area (Å²) in [6, 6.07) is 0. The van der Waals surface area contributed by atoms with E-state index < -0.39 is 11.9 Å². The van der Waals surface area contributed by atoms with Crippen LogP contribution < -0.4 is 5.32 Å². The highest BCUT2D eigenvalue weighted by atomic mass is 16.4. The minimum absolute atomic E-state index is 0.0143. The Morgan fingerprint density at radius 2 is 1.47 bits per heavy atom. The van der Waals surface area contributed by atoms with Crippen molar-refractivity contribution in [2.75, 3.05) is 31.6 Å². The largest absolute Gasteiger partial charge is 0.481 e. The molecule has 1 fully saturated rings. The lowest BCUT2D eigenvalue weighted by Crippen LogP contribution is -2.36. The summed E-state index contributed by atoms with van der Waals surface area (Å²) in [4.78, 5) is 33.5. The molecule has 0 bridgehead atoms. The second kappa shape index (κ2) is 15.5. The molecule has 1 aromatic rings. The topological polar surface area (TPSA) is 149 Å². The van der Waals surface area contributed by atoms with Crippen LogP contribution in [0.25, 0.3) is 0 Å². The summed E-state index contributed by atoms with van der Waals surface area (Å²) in [6.07, 6.45) is 7.48. The van der Waals surface area contributed by atoms with Crippen LogP contribution in [0.5, 0.6) is 0 Å². The summed E-state index contributed by atoms with van der Waals surface area (Å²) in [5.41, 5.74) is 0.267. The fraction of sp³-hybridized carbons (Fsp3) is 0.773. The van der Waals surface area contributed by atoms with Gasteiger partial charge in [-0.2, -0.15) is 0 Å². The fourth-order valence-electron chi connectivity index (χ4n) is 3.51. The maximum atomic E-state index is 9.64. The third-order valence-corrected chi connectivity index (χ3v) is 4.33. The minimum Gasteiger partial charge on any atom is -0.481 e. The van der Waals surface area contributed by atoms with Gasteiger partial charge in [-0.25, -0.2) is 15.0 Å². The van der Waals surface area contributed by atoms with Crippen molar-refractivity contribution in [3.8, 4) is 0 Å². The third-order valence-electron chi connectivity index (χ3n) is 4.33. The molecule has 10 heteroatoms. The van der Waals surface area contributed by atoms with Gasteiger partial charge in [0.15, 0.2) is 0 Å². The number of aliphatic hydroxyl groups excluding tert-OH is 1. The van der Waals surface area contributed by atoms with Crippen LogP contribution in [0.3, 0.4) is 0 Å². The van der Waals surface area contributed by atoms with Crippen LogP contribution >= 0.6 is 0 Å². The van der Waals surface area contributed by atoms with Gasteiger partial charge in [0.25, 0.3) is 0 Å². The Hall–Kier alpha value is -2.33. The zero-order valence-electron chi connectivity index (χ0n) is 20.2. The number of aromatic nitrogens is 3. The average Bonchev–Trinajstić information content (AvgIpc) is 2.67. The molecule has 1 aromatic heterocycles. The molecule has 0 atom stereocenters. The zero-order valence-corrected chi connectivity index (χ0v) is 20.2. The molecule has 0 aromatic carbocycles. The Morgan fingerprint density at radius 1 is 0.969 bits per heavy atom. The highest BCUT2D eigenvalue weighted by Gasteiger charge is 2.25. The first-order chi connectivity index (χ1) is 14.8. The van der Waals surface area contributed by atoms with E-state index >= 15 is 0 Å². The average molecular weight is 456 g/mol. The van der Waals surface area contributed by atoms with E-state index in [4.69, 9.17) is 15.3 Å². The number of piperidine rings is 1. The molecule has 2 rings (SSSR count). The van der Waals surface area contributed by atoms with Gasteiger partial charge >= 0.3 is 11.9 Å². The Bertz CT molecular complexity index is 627. The number of aliphatic carboxylic acids is 2. The minimum atomic E-state index is -1.08. The van der Waals surface area contributed by atoms with Crippen LogP contribution in [0.15, 0.2) is 12.7 Å². The molecule has 4 N–H and O–H groups in total. The predicted octanol–water partition coefficient (Wildman–Crippen LogP) is 2.90. The summed E-state index contributed by atoms with van der Waals surface area (Å²) in [5, 5.41) is 27.7. The highest BCUT2D eigenvalue weighted by molar-refractivity contribution is 5.75. The van der Waals surface area contributed by atoms with Crippen molar-refractivity contribution >= 4 is 17.9 Å². The molecule has 10 nitrogen and oxygen atoms in total. The number of carbonyl (C=O) groups is 2. The van der Waals surface area contributed by atoms with E-state index in [9.17, 15) is 9.59 Å². The number of nitrogens with one attached hydrogen (secondary N) is 1. The van der Waals surface area contributed by atoms with Gasteiger partial charge < -0.3 is 25.5 Å². The van der Waals surface area contributed by atoms with Crippen molar-refractivity contribution in [1.82, 2.24) is 19.9 Å². The summed E-state index contributed by atoms with van der Waals surface area (Å²) in [7, 11) is 0. The van der Waals surface area contributed by atoms with Crippen LogP contribution in [0.4, 0.5) is 5.95 Å². The quantitative estimate of drug-likeness (QED) is 0.461. The smallest absolute Gasteiger partial charge is 0.303 e. The fourth-order valence-corrected chi connectivity index (χ4v) is 3.51. The molecule has 1 aliphatic heterocycles. The molecule has 184 valence electrons. The van der Waals surface area contributed by atoms with Gasteiger partial charge in [0.05, 0.1) is 19.4 Å². The maximum Gasteiger partial charge on any atom is 0.303 e. The molecule has 1 aliphatic rings. The van der Waals surface area contributed by atoms with E-state index in [0.717, 1.165) is 13.0 Å². The Kier molecular flexibility index (Phi) is 14.3. The summed E-state index contributed by atoms with van der Waals surface area (Å²) < 4.78 is 0. The number of β-amino-alcohol motifs (C(OH)–C–C–N with tert-alkyl or cyclic N) is 1. The number of likely N-dealkylation sites (tertiary alicyclic amines) is 1. The summed E-state index contributed by atoms with van der Waals surface area (Å²) in [6.45, 7) is 14.6. The number of nitrogens with zero attached hydrogens (tertiary/aromatic N) is 4. The van der Waals surface area contributed by atoms with E-state index in [2.05, 4.69) is 59.8 Å². The molecule has 0 spiro atoms. The first kappa shape index (κ1) is 29.7. The number of anilines is 1.